The first-order valence-electron chi connectivity index (χ1n) is 18.7. The van der Waals surface area contributed by atoms with E-state index in [9.17, 15) is 9.59 Å². The predicted molar refractivity (Wildman–Crippen MR) is 220 cm³/mol. The van der Waals surface area contributed by atoms with Crippen molar-refractivity contribution in [3.8, 4) is 34.1 Å². The van der Waals surface area contributed by atoms with Crippen LogP contribution in [0, 0.1) is 0 Å². The molecule has 0 saturated heterocycles. The molecule has 0 aromatic heterocycles. The predicted octanol–water partition coefficient (Wildman–Crippen LogP) is 11.8. The monoisotopic (exact) mass is 740 g/mol. The van der Waals surface area contributed by atoms with Gasteiger partial charge in [0.25, 0.3) is 0 Å². The molecule has 0 spiro atoms. The van der Waals surface area contributed by atoms with E-state index < -0.39 is 11.9 Å². The van der Waals surface area contributed by atoms with E-state index >= 15 is 0 Å². The zero-order valence-electron chi connectivity index (χ0n) is 30.9. The molecule has 6 aromatic carbocycles. The fraction of sp³-hybridized carbons (Fsp3) is 0.125. The second-order valence-electron chi connectivity index (χ2n) is 13.5. The first-order chi connectivity index (χ1) is 27.5. The highest BCUT2D eigenvalue weighted by molar-refractivity contribution is 5.90. The Labute approximate surface area is 326 Å². The van der Waals surface area contributed by atoms with Crippen molar-refractivity contribution in [1.82, 2.24) is 0 Å². The van der Waals surface area contributed by atoms with Crippen LogP contribution in [0.4, 0.5) is 34.1 Å². The summed E-state index contributed by atoms with van der Waals surface area (Å²) in [5.41, 5.74) is 10.1. The number of hydrogen-bond donors (Lipinski definition) is 0. The Morgan fingerprint density at radius 2 is 0.893 bits per heavy atom. The summed E-state index contributed by atoms with van der Waals surface area (Å²) < 4.78 is 23.4. The molecule has 2 aliphatic heterocycles. The van der Waals surface area contributed by atoms with Crippen LogP contribution in [0.3, 0.4) is 0 Å². The minimum Gasteiger partial charge on any atom is -0.463 e. The molecule has 8 rings (SSSR count). The van der Waals surface area contributed by atoms with E-state index in [4.69, 9.17) is 18.9 Å². The number of para-hydroxylation sites is 4. The number of anilines is 6. The third-order valence-electron chi connectivity index (χ3n) is 9.82. The molecule has 8 heteroatoms. The van der Waals surface area contributed by atoms with E-state index in [0.29, 0.717) is 13.2 Å². The van der Waals surface area contributed by atoms with Crippen LogP contribution in [-0.2, 0) is 31.9 Å². The van der Waals surface area contributed by atoms with Gasteiger partial charge in [-0.05, 0) is 121 Å². The number of esters is 2. The lowest BCUT2D eigenvalue weighted by atomic mass is 10.0. The highest BCUT2D eigenvalue weighted by Crippen LogP contribution is 2.53. The van der Waals surface area contributed by atoms with Gasteiger partial charge in [0.05, 0.1) is 36.0 Å². The highest BCUT2D eigenvalue weighted by Gasteiger charge is 2.28. The van der Waals surface area contributed by atoms with Crippen LogP contribution in [0.1, 0.15) is 24.0 Å². The summed E-state index contributed by atoms with van der Waals surface area (Å²) >= 11 is 0. The molecular weight excluding hydrogens is 701 g/mol. The molecule has 8 nitrogen and oxygen atoms in total. The van der Waals surface area contributed by atoms with Crippen molar-refractivity contribution < 1.29 is 28.5 Å². The zero-order valence-corrected chi connectivity index (χ0v) is 30.9. The summed E-state index contributed by atoms with van der Waals surface area (Å²) in [7, 11) is 0. The number of aryl methyl sites for hydroxylation is 2. The third kappa shape index (κ3) is 7.50. The van der Waals surface area contributed by atoms with Gasteiger partial charge in [0.15, 0.2) is 23.0 Å². The van der Waals surface area contributed by atoms with Gasteiger partial charge in [-0.3, -0.25) is 0 Å². The maximum atomic E-state index is 11.4. The molecule has 0 radical (unpaired) electrons. The number of benzene rings is 6. The molecule has 2 heterocycles. The second kappa shape index (κ2) is 16.1. The van der Waals surface area contributed by atoms with E-state index in [2.05, 4.69) is 120 Å². The first kappa shape index (κ1) is 35.9. The van der Waals surface area contributed by atoms with Crippen molar-refractivity contribution in [2.75, 3.05) is 23.0 Å². The first-order valence-corrected chi connectivity index (χ1v) is 18.7. The Bertz CT molecular complexity index is 2250. The SMILES string of the molecule is C=CC(=O)OCCCc1ccc(N2c3ccccc3Oc3cc(-c4ccc5c(c4)Oc4ccccc4N5c4ccc(CCCOC(=O)C=C)cc4)ccc32)cc1. The molecule has 0 unspecified atom stereocenters. The Balaban J connectivity index is 1.05. The summed E-state index contributed by atoms with van der Waals surface area (Å²) in [6.07, 6.45) is 5.42. The van der Waals surface area contributed by atoms with Crippen LogP contribution in [-0.4, -0.2) is 25.2 Å². The summed E-state index contributed by atoms with van der Waals surface area (Å²) in [6, 6.07) is 45.7. The van der Waals surface area contributed by atoms with Gasteiger partial charge in [-0.1, -0.05) is 73.8 Å². The molecule has 2 aliphatic rings. The molecule has 0 bridgehead atoms. The second-order valence-corrected chi connectivity index (χ2v) is 13.5. The number of rotatable bonds is 13. The molecular formula is C48H40N2O6. The fourth-order valence-electron chi connectivity index (χ4n) is 7.07. The van der Waals surface area contributed by atoms with Crippen LogP contribution in [0.2, 0.25) is 0 Å². The Morgan fingerprint density at radius 3 is 1.30 bits per heavy atom. The van der Waals surface area contributed by atoms with E-state index in [1.165, 1.54) is 12.2 Å². The number of nitrogens with zero attached hydrogens (tertiary/aromatic N) is 2. The van der Waals surface area contributed by atoms with Crippen molar-refractivity contribution in [2.24, 2.45) is 0 Å². The van der Waals surface area contributed by atoms with Crippen molar-refractivity contribution >= 4 is 46.1 Å². The zero-order chi connectivity index (χ0) is 38.4. The van der Waals surface area contributed by atoms with E-state index in [1.54, 1.807) is 0 Å². The molecule has 6 aromatic rings. The fourth-order valence-corrected chi connectivity index (χ4v) is 7.07. The van der Waals surface area contributed by atoms with E-state index in [1.807, 2.05) is 36.4 Å². The van der Waals surface area contributed by atoms with Gasteiger partial charge in [0, 0.05) is 23.5 Å². The maximum Gasteiger partial charge on any atom is 0.330 e. The third-order valence-corrected chi connectivity index (χ3v) is 9.82. The molecule has 56 heavy (non-hydrogen) atoms. The van der Waals surface area contributed by atoms with Crippen molar-refractivity contribution in [1.29, 1.82) is 0 Å². The molecule has 0 fully saturated rings. The number of hydrogen-bond acceptors (Lipinski definition) is 8. The Kier molecular flexibility index (Phi) is 10.3. The van der Waals surface area contributed by atoms with Crippen LogP contribution in [0.25, 0.3) is 11.1 Å². The number of fused-ring (bicyclic) bond motifs is 4. The van der Waals surface area contributed by atoms with Crippen molar-refractivity contribution in [3.05, 3.63) is 170 Å². The molecule has 0 amide bonds. The summed E-state index contributed by atoms with van der Waals surface area (Å²) in [4.78, 5) is 27.2. The van der Waals surface area contributed by atoms with E-state index in [0.717, 1.165) is 105 Å². The topological polar surface area (TPSA) is 77.5 Å². The normalized spacial score (nSPS) is 12.1. The molecule has 0 N–H and O–H groups in total. The quantitative estimate of drug-likeness (QED) is 0.0657. The summed E-state index contributed by atoms with van der Waals surface area (Å²) in [5.74, 6) is 2.24. The van der Waals surface area contributed by atoms with Crippen molar-refractivity contribution in [2.45, 2.75) is 25.7 Å². The summed E-state index contributed by atoms with van der Waals surface area (Å²) in [6.45, 7) is 7.61. The van der Waals surface area contributed by atoms with Gasteiger partial charge in [0.2, 0.25) is 0 Å². The number of ether oxygens (including phenoxy) is 4. The standard InChI is InChI=1S/C48H40N2O6/c1-3-47(51)53-29-9-11-33-17-23-37(24-18-33)49-39-13-5-7-15-43(39)55-45-31-35(21-27-41(45)49)36-22-28-42-46(32-36)56-44-16-8-6-14-40(44)50(42)38-25-19-34(20-26-38)12-10-30-54-48(52)4-2/h3-8,13-28,31-32H,1-2,9-12,29-30H2. The lowest BCUT2D eigenvalue weighted by Gasteiger charge is -2.34. The largest absolute Gasteiger partial charge is 0.463 e. The van der Waals surface area contributed by atoms with Gasteiger partial charge in [0.1, 0.15) is 0 Å². The number of carbonyl (C=O) groups excluding carboxylic acids is 2. The summed E-state index contributed by atoms with van der Waals surface area (Å²) in [5, 5.41) is 0. The Hall–Kier alpha value is -7.06. The lowest BCUT2D eigenvalue weighted by Crippen LogP contribution is -2.16. The van der Waals surface area contributed by atoms with Crippen LogP contribution in [0.15, 0.2) is 159 Å². The van der Waals surface area contributed by atoms with Crippen molar-refractivity contribution in [3.63, 3.8) is 0 Å². The average Bonchev–Trinajstić information content (AvgIpc) is 3.24. The van der Waals surface area contributed by atoms with Gasteiger partial charge in [-0.15, -0.1) is 0 Å². The average molecular weight is 741 g/mol. The smallest absolute Gasteiger partial charge is 0.330 e. The minimum atomic E-state index is -0.399. The minimum absolute atomic E-state index is 0.356. The number of carbonyl (C=O) groups is 2. The van der Waals surface area contributed by atoms with E-state index in [-0.39, 0.29) is 0 Å². The Morgan fingerprint density at radius 1 is 0.500 bits per heavy atom. The van der Waals surface area contributed by atoms with Gasteiger partial charge < -0.3 is 28.7 Å². The van der Waals surface area contributed by atoms with Crippen LogP contribution >= 0.6 is 0 Å². The molecule has 0 atom stereocenters. The van der Waals surface area contributed by atoms with Gasteiger partial charge in [-0.2, -0.15) is 0 Å². The maximum absolute atomic E-state index is 11.4. The highest BCUT2D eigenvalue weighted by atomic mass is 16.5. The van der Waals surface area contributed by atoms with Gasteiger partial charge >= 0.3 is 11.9 Å². The lowest BCUT2D eigenvalue weighted by molar-refractivity contribution is -0.138. The van der Waals surface area contributed by atoms with Crippen LogP contribution in [0.5, 0.6) is 23.0 Å². The molecule has 0 aliphatic carbocycles. The van der Waals surface area contributed by atoms with Gasteiger partial charge in [-0.25, -0.2) is 9.59 Å². The van der Waals surface area contributed by atoms with Crippen LogP contribution < -0.4 is 19.3 Å². The molecule has 0 saturated carbocycles. The molecule has 278 valence electrons.